The molecule has 4 heteroatoms. The van der Waals surface area contributed by atoms with Gasteiger partial charge in [0.1, 0.15) is 0 Å². The number of aromatic nitrogens is 1. The topological polar surface area (TPSA) is 54.3 Å². The van der Waals surface area contributed by atoms with E-state index in [1.165, 1.54) is 17.0 Å². The second-order valence-electron chi connectivity index (χ2n) is 3.64. The molecule has 1 rings (SSSR count). The number of carbonyl (C=O) groups is 1. The van der Waals surface area contributed by atoms with E-state index in [2.05, 4.69) is 36.7 Å². The average molecular weight is 210 g/mol. The summed E-state index contributed by atoms with van der Waals surface area (Å²) >= 11 is 0. The molecule has 0 saturated heterocycles. The van der Waals surface area contributed by atoms with E-state index in [1.807, 2.05) is 0 Å². The highest BCUT2D eigenvalue weighted by atomic mass is 16.4. The fraction of sp³-hybridized carbons (Fsp3) is 0.545. The molecule has 0 bridgehead atoms. The van der Waals surface area contributed by atoms with Gasteiger partial charge in [0.15, 0.2) is 0 Å². The number of aliphatic carboxylic acids is 1. The molecule has 0 aliphatic heterocycles. The van der Waals surface area contributed by atoms with Crippen LogP contribution in [0, 0.1) is 13.8 Å². The Labute approximate surface area is 89.9 Å². The summed E-state index contributed by atoms with van der Waals surface area (Å²) in [6, 6.07) is 2.10. The first-order valence-electron chi connectivity index (χ1n) is 5.14. The maximum Gasteiger partial charge on any atom is 0.317 e. The molecule has 1 aromatic rings. The molecule has 0 aliphatic rings. The van der Waals surface area contributed by atoms with Crippen LogP contribution in [0.5, 0.6) is 0 Å². The molecule has 0 saturated carbocycles. The molecule has 1 heterocycles. The van der Waals surface area contributed by atoms with Crippen LogP contribution in [0.4, 0.5) is 0 Å². The van der Waals surface area contributed by atoms with Gasteiger partial charge in [0, 0.05) is 24.5 Å². The predicted octanol–water partition coefficient (Wildman–Crippen LogP) is 1.30. The van der Waals surface area contributed by atoms with Crippen molar-refractivity contribution < 1.29 is 9.90 Å². The summed E-state index contributed by atoms with van der Waals surface area (Å²) < 4.78 is 2.22. The zero-order chi connectivity index (χ0) is 11.4. The van der Waals surface area contributed by atoms with Gasteiger partial charge < -0.3 is 15.0 Å². The standard InChI is InChI=1S/C11H18N2O2/c1-4-13-8(2)5-10(9(13)3)6-12-7-11(14)15/h5,12H,4,6-7H2,1-3H3,(H,14,15). The van der Waals surface area contributed by atoms with Gasteiger partial charge in [-0.25, -0.2) is 0 Å². The van der Waals surface area contributed by atoms with E-state index in [0.29, 0.717) is 6.54 Å². The van der Waals surface area contributed by atoms with Gasteiger partial charge in [-0.1, -0.05) is 0 Å². The van der Waals surface area contributed by atoms with Crippen LogP contribution in [0.25, 0.3) is 0 Å². The number of rotatable bonds is 5. The lowest BCUT2D eigenvalue weighted by molar-refractivity contribution is -0.135. The van der Waals surface area contributed by atoms with Crippen LogP contribution >= 0.6 is 0 Å². The third kappa shape index (κ3) is 2.83. The third-order valence-corrected chi connectivity index (χ3v) is 2.59. The Bertz CT molecular complexity index is 356. The molecule has 4 nitrogen and oxygen atoms in total. The molecule has 0 aromatic carbocycles. The largest absolute Gasteiger partial charge is 0.480 e. The van der Waals surface area contributed by atoms with E-state index in [1.54, 1.807) is 0 Å². The van der Waals surface area contributed by atoms with Crippen LogP contribution in [-0.4, -0.2) is 22.2 Å². The molecule has 2 N–H and O–H groups in total. The van der Waals surface area contributed by atoms with Crippen LogP contribution < -0.4 is 5.32 Å². The smallest absolute Gasteiger partial charge is 0.317 e. The van der Waals surface area contributed by atoms with E-state index in [0.717, 1.165) is 6.54 Å². The van der Waals surface area contributed by atoms with Gasteiger partial charge in [-0.3, -0.25) is 4.79 Å². The molecule has 0 amide bonds. The minimum atomic E-state index is -0.820. The summed E-state index contributed by atoms with van der Waals surface area (Å²) in [5, 5.41) is 11.4. The van der Waals surface area contributed by atoms with Crippen molar-refractivity contribution in [3.63, 3.8) is 0 Å². The number of aryl methyl sites for hydroxylation is 1. The van der Waals surface area contributed by atoms with Gasteiger partial charge in [0.2, 0.25) is 0 Å². The van der Waals surface area contributed by atoms with Crippen molar-refractivity contribution in [2.45, 2.75) is 33.9 Å². The Balaban J connectivity index is 2.65. The third-order valence-electron chi connectivity index (χ3n) is 2.59. The van der Waals surface area contributed by atoms with Gasteiger partial charge in [0.25, 0.3) is 0 Å². The summed E-state index contributed by atoms with van der Waals surface area (Å²) in [6.45, 7) is 7.82. The monoisotopic (exact) mass is 210 g/mol. The lowest BCUT2D eigenvalue weighted by atomic mass is 10.2. The fourth-order valence-corrected chi connectivity index (χ4v) is 1.84. The first-order chi connectivity index (χ1) is 7.06. The quantitative estimate of drug-likeness (QED) is 0.770. The van der Waals surface area contributed by atoms with Crippen molar-refractivity contribution in [2.24, 2.45) is 0 Å². The van der Waals surface area contributed by atoms with Crippen LogP contribution in [-0.2, 0) is 17.9 Å². The SMILES string of the molecule is CCn1c(C)cc(CNCC(=O)O)c1C. The van der Waals surface area contributed by atoms with Gasteiger partial charge in [-0.15, -0.1) is 0 Å². The van der Waals surface area contributed by atoms with Gasteiger partial charge in [0.05, 0.1) is 6.54 Å². The Kier molecular flexibility index (Phi) is 3.91. The minimum Gasteiger partial charge on any atom is -0.480 e. The van der Waals surface area contributed by atoms with E-state index >= 15 is 0 Å². The number of carboxylic acids is 1. The zero-order valence-corrected chi connectivity index (χ0v) is 9.50. The van der Waals surface area contributed by atoms with Crippen LogP contribution in [0.1, 0.15) is 23.9 Å². The van der Waals surface area contributed by atoms with Crippen LogP contribution in [0.2, 0.25) is 0 Å². The first-order valence-corrected chi connectivity index (χ1v) is 5.14. The van der Waals surface area contributed by atoms with Crippen LogP contribution in [0.15, 0.2) is 6.07 Å². The Hall–Kier alpha value is -1.29. The van der Waals surface area contributed by atoms with E-state index < -0.39 is 5.97 Å². The molecule has 0 unspecified atom stereocenters. The highest BCUT2D eigenvalue weighted by Gasteiger charge is 2.07. The number of nitrogens with zero attached hydrogens (tertiary/aromatic N) is 1. The molecule has 84 valence electrons. The Morgan fingerprint density at radius 3 is 2.67 bits per heavy atom. The van der Waals surface area contributed by atoms with Crippen molar-refractivity contribution in [3.05, 3.63) is 23.0 Å². The van der Waals surface area contributed by atoms with Crippen molar-refractivity contribution in [3.8, 4) is 0 Å². The lowest BCUT2D eigenvalue weighted by Crippen LogP contribution is -2.22. The summed E-state index contributed by atoms with van der Waals surface area (Å²) in [4.78, 5) is 10.3. The molecule has 1 aromatic heterocycles. The fourth-order valence-electron chi connectivity index (χ4n) is 1.84. The summed E-state index contributed by atoms with van der Waals surface area (Å²) in [5.74, 6) is -0.820. The van der Waals surface area contributed by atoms with E-state index in [9.17, 15) is 4.79 Å². The van der Waals surface area contributed by atoms with Crippen molar-refractivity contribution in [2.75, 3.05) is 6.54 Å². The highest BCUT2D eigenvalue weighted by molar-refractivity contribution is 5.69. The number of hydrogen-bond acceptors (Lipinski definition) is 2. The van der Waals surface area contributed by atoms with Gasteiger partial charge >= 0.3 is 5.97 Å². The molecular formula is C11H18N2O2. The predicted molar refractivity (Wildman–Crippen MR) is 58.9 cm³/mol. The molecule has 0 fully saturated rings. The van der Waals surface area contributed by atoms with Gasteiger partial charge in [-0.2, -0.15) is 0 Å². The van der Waals surface area contributed by atoms with Crippen LogP contribution in [0.3, 0.4) is 0 Å². The molecule has 0 aliphatic carbocycles. The second kappa shape index (κ2) is 4.98. The van der Waals surface area contributed by atoms with Crippen molar-refractivity contribution >= 4 is 5.97 Å². The lowest BCUT2D eigenvalue weighted by Gasteiger charge is -2.06. The van der Waals surface area contributed by atoms with Gasteiger partial charge in [-0.05, 0) is 32.4 Å². The summed E-state index contributed by atoms with van der Waals surface area (Å²) in [6.07, 6.45) is 0. The number of nitrogens with one attached hydrogen (secondary N) is 1. The second-order valence-corrected chi connectivity index (χ2v) is 3.64. The first kappa shape index (κ1) is 11.8. The molecule has 0 spiro atoms. The normalized spacial score (nSPS) is 10.6. The van der Waals surface area contributed by atoms with E-state index in [-0.39, 0.29) is 6.54 Å². The van der Waals surface area contributed by atoms with E-state index in [4.69, 9.17) is 5.11 Å². The Morgan fingerprint density at radius 1 is 1.53 bits per heavy atom. The summed E-state index contributed by atoms with van der Waals surface area (Å²) in [7, 11) is 0. The molecule has 0 radical (unpaired) electrons. The zero-order valence-electron chi connectivity index (χ0n) is 9.50. The Morgan fingerprint density at radius 2 is 2.20 bits per heavy atom. The molecular weight excluding hydrogens is 192 g/mol. The highest BCUT2D eigenvalue weighted by Crippen LogP contribution is 2.14. The minimum absolute atomic E-state index is 0.00971. The number of carboxylic acid groups (broad SMARTS) is 1. The van der Waals surface area contributed by atoms with Crippen molar-refractivity contribution in [1.82, 2.24) is 9.88 Å². The van der Waals surface area contributed by atoms with Crippen molar-refractivity contribution in [1.29, 1.82) is 0 Å². The molecule has 15 heavy (non-hydrogen) atoms. The number of hydrogen-bond donors (Lipinski definition) is 2. The maximum atomic E-state index is 10.3. The molecule has 0 atom stereocenters. The maximum absolute atomic E-state index is 10.3. The average Bonchev–Trinajstić information content (AvgIpc) is 2.41. The summed E-state index contributed by atoms with van der Waals surface area (Å²) in [5.41, 5.74) is 3.62.